The molecule has 7 nitrogen and oxygen atoms in total. The number of nitrogens with one attached hydrogen (secondary N) is 1. The Bertz CT molecular complexity index is 995. The van der Waals surface area contributed by atoms with E-state index in [2.05, 4.69) is 21.4 Å². The van der Waals surface area contributed by atoms with Crippen LogP contribution in [0.5, 0.6) is 5.75 Å². The number of rotatable bonds is 5. The van der Waals surface area contributed by atoms with Gasteiger partial charge in [0.2, 0.25) is 5.96 Å². The van der Waals surface area contributed by atoms with E-state index >= 15 is 0 Å². The molecular weight excluding hydrogens is 402 g/mol. The first kappa shape index (κ1) is 22.9. The molecule has 1 unspecified atom stereocenters. The molecule has 0 aliphatic rings. The van der Waals surface area contributed by atoms with Gasteiger partial charge in [0.25, 0.3) is 0 Å². The number of halogens is 1. The Hall–Kier alpha value is -3.37. The predicted molar refractivity (Wildman–Crippen MR) is 119 cm³/mol. The van der Waals surface area contributed by atoms with Crippen LogP contribution in [0.25, 0.3) is 0 Å². The normalized spacial score (nSPS) is 12.3. The third-order valence-electron chi connectivity index (χ3n) is 4.13. The lowest BCUT2D eigenvalue weighted by Gasteiger charge is -2.24. The van der Waals surface area contributed by atoms with Gasteiger partial charge >= 0.3 is 6.09 Å². The maximum atomic E-state index is 12.2. The van der Waals surface area contributed by atoms with Crippen molar-refractivity contribution in [2.24, 2.45) is 9.98 Å². The van der Waals surface area contributed by atoms with E-state index in [-0.39, 0.29) is 0 Å². The van der Waals surface area contributed by atoms with Crippen molar-refractivity contribution in [2.45, 2.75) is 19.4 Å². The number of aliphatic imine (C=N–C) groups is 2. The van der Waals surface area contributed by atoms with Gasteiger partial charge in [0.05, 0.1) is 16.6 Å². The van der Waals surface area contributed by atoms with Crippen LogP contribution in [-0.4, -0.2) is 44.3 Å². The highest BCUT2D eigenvalue weighted by Crippen LogP contribution is 2.35. The Balaban J connectivity index is 2.62. The van der Waals surface area contributed by atoms with Gasteiger partial charge in [0, 0.05) is 32.9 Å². The molecule has 0 spiro atoms. The van der Waals surface area contributed by atoms with Gasteiger partial charge in [-0.3, -0.25) is 4.99 Å². The molecular formula is C22H24ClN5O2. The molecule has 8 heteroatoms. The fraction of sp³-hybridized carbons (Fsp3) is 0.273. The van der Waals surface area contributed by atoms with Gasteiger partial charge in [-0.25, -0.2) is 9.79 Å². The van der Waals surface area contributed by atoms with Gasteiger partial charge in [0.1, 0.15) is 11.8 Å². The number of nitrogens with zero attached hydrogens (tertiary/aromatic N) is 4. The van der Waals surface area contributed by atoms with Crippen LogP contribution >= 0.6 is 11.6 Å². The average Bonchev–Trinajstić information content (AvgIpc) is 2.75. The number of hydrogen-bond donors (Lipinski definition) is 1. The number of carbonyl (C=O) groups excluding carboxylic acids is 1. The van der Waals surface area contributed by atoms with Gasteiger partial charge in [-0.2, -0.15) is 5.26 Å². The van der Waals surface area contributed by atoms with Crippen LogP contribution in [0.1, 0.15) is 36.1 Å². The summed E-state index contributed by atoms with van der Waals surface area (Å²) in [5.74, 6) is 0.746. The van der Waals surface area contributed by atoms with E-state index in [0.717, 1.165) is 6.42 Å². The van der Waals surface area contributed by atoms with Gasteiger partial charge in [-0.1, -0.05) is 48.9 Å². The monoisotopic (exact) mass is 425 g/mol. The first-order valence-electron chi connectivity index (χ1n) is 9.35. The Morgan fingerprint density at radius 2 is 1.97 bits per heavy atom. The lowest BCUT2D eigenvalue weighted by atomic mass is 9.96. The van der Waals surface area contributed by atoms with Gasteiger partial charge in [-0.15, -0.1) is 0 Å². The second-order valence-corrected chi connectivity index (χ2v) is 6.84. The fourth-order valence-electron chi connectivity index (χ4n) is 2.65. The summed E-state index contributed by atoms with van der Waals surface area (Å²) >= 11 is 6.54. The average molecular weight is 426 g/mol. The van der Waals surface area contributed by atoms with E-state index in [1.54, 1.807) is 51.6 Å². The molecule has 0 fully saturated rings. The zero-order chi connectivity index (χ0) is 22.1. The lowest BCUT2D eigenvalue weighted by Crippen LogP contribution is -2.30. The third-order valence-corrected chi connectivity index (χ3v) is 4.56. The molecule has 0 saturated heterocycles. The van der Waals surface area contributed by atoms with E-state index in [1.807, 2.05) is 25.1 Å². The second-order valence-electron chi connectivity index (χ2n) is 6.47. The molecule has 156 valence electrons. The molecule has 2 rings (SSSR count). The summed E-state index contributed by atoms with van der Waals surface area (Å²) in [6.07, 6.45) is 1.97. The molecule has 1 amide bonds. The molecule has 0 bridgehead atoms. The van der Waals surface area contributed by atoms with E-state index in [4.69, 9.17) is 16.3 Å². The molecule has 0 saturated carbocycles. The zero-order valence-corrected chi connectivity index (χ0v) is 18.1. The summed E-state index contributed by atoms with van der Waals surface area (Å²) in [4.78, 5) is 22.0. The van der Waals surface area contributed by atoms with E-state index < -0.39 is 12.1 Å². The minimum Gasteiger partial charge on any atom is -0.410 e. The van der Waals surface area contributed by atoms with Gasteiger partial charge in [-0.05, 0) is 24.1 Å². The van der Waals surface area contributed by atoms with Crippen LogP contribution in [0.2, 0.25) is 5.02 Å². The summed E-state index contributed by atoms with van der Waals surface area (Å²) in [6.45, 7) is 1.97. The number of ether oxygens (including phenoxy) is 1. The van der Waals surface area contributed by atoms with Crippen LogP contribution in [0.3, 0.4) is 0 Å². The zero-order valence-electron chi connectivity index (χ0n) is 17.4. The van der Waals surface area contributed by atoms with E-state index in [0.29, 0.717) is 33.4 Å². The lowest BCUT2D eigenvalue weighted by molar-refractivity contribution is 0.171. The standard InChI is InChI=1S/C22H24ClN5O2/c1-5-13-26-21(25-2)27-20(17-11-8-9-15(14-24)19(17)23)16-10-6-7-12-18(16)30-22(29)28(3)4/h6-13,20H,5H2,1-4H3,(H,25,27)/b26-13-. The quantitative estimate of drug-likeness (QED) is 0.567. The number of amides is 1. The summed E-state index contributed by atoms with van der Waals surface area (Å²) in [6, 6.07) is 13.9. The van der Waals surface area contributed by atoms with Crippen LogP contribution in [0, 0.1) is 11.3 Å². The number of nitriles is 1. The fourth-order valence-corrected chi connectivity index (χ4v) is 2.92. The molecule has 1 atom stereocenters. The number of guanidine groups is 1. The van der Waals surface area contributed by atoms with E-state index in [9.17, 15) is 10.1 Å². The summed E-state index contributed by atoms with van der Waals surface area (Å²) < 4.78 is 5.56. The molecule has 0 aliphatic carbocycles. The van der Waals surface area contributed by atoms with Crippen LogP contribution in [0.15, 0.2) is 52.4 Å². The molecule has 2 aromatic carbocycles. The molecule has 0 aromatic heterocycles. The number of benzene rings is 2. The van der Waals surface area contributed by atoms with Crippen molar-refractivity contribution in [3.05, 3.63) is 64.2 Å². The molecule has 1 N–H and O–H groups in total. The van der Waals surface area contributed by atoms with Crippen LogP contribution in [0.4, 0.5) is 4.79 Å². The van der Waals surface area contributed by atoms with Crippen molar-refractivity contribution in [2.75, 3.05) is 21.1 Å². The van der Waals surface area contributed by atoms with Crippen LogP contribution in [-0.2, 0) is 0 Å². The Labute approximate surface area is 181 Å². The number of hydrogen-bond acceptors (Lipinski definition) is 4. The topological polar surface area (TPSA) is 90.1 Å². The first-order valence-corrected chi connectivity index (χ1v) is 9.73. The van der Waals surface area contributed by atoms with Crippen molar-refractivity contribution in [3.63, 3.8) is 0 Å². The molecule has 0 heterocycles. The van der Waals surface area contributed by atoms with Crippen molar-refractivity contribution in [3.8, 4) is 11.8 Å². The predicted octanol–water partition coefficient (Wildman–Crippen LogP) is 4.42. The summed E-state index contributed by atoms with van der Waals surface area (Å²) in [5, 5.41) is 13.0. The van der Waals surface area contributed by atoms with Crippen LogP contribution < -0.4 is 10.1 Å². The maximum absolute atomic E-state index is 12.2. The Morgan fingerprint density at radius 3 is 2.60 bits per heavy atom. The highest BCUT2D eigenvalue weighted by atomic mass is 35.5. The minimum absolute atomic E-state index is 0.307. The highest BCUT2D eigenvalue weighted by Gasteiger charge is 2.24. The van der Waals surface area contributed by atoms with Gasteiger partial charge < -0.3 is 15.0 Å². The van der Waals surface area contributed by atoms with Crippen molar-refractivity contribution in [1.82, 2.24) is 10.2 Å². The largest absolute Gasteiger partial charge is 0.414 e. The molecule has 0 radical (unpaired) electrons. The smallest absolute Gasteiger partial charge is 0.410 e. The second kappa shape index (κ2) is 11.0. The minimum atomic E-state index is -0.565. The SMILES string of the molecule is CC/C=N\C(=NC)NC(c1ccccc1OC(=O)N(C)C)c1cccc(C#N)c1Cl. The highest BCUT2D eigenvalue weighted by molar-refractivity contribution is 6.32. The van der Waals surface area contributed by atoms with Crippen molar-refractivity contribution < 1.29 is 9.53 Å². The van der Waals surface area contributed by atoms with Gasteiger partial charge in [0.15, 0.2) is 0 Å². The maximum Gasteiger partial charge on any atom is 0.414 e. The van der Waals surface area contributed by atoms with E-state index in [1.165, 1.54) is 4.90 Å². The third kappa shape index (κ3) is 5.58. The number of para-hydroxylation sites is 1. The summed E-state index contributed by atoms with van der Waals surface area (Å²) in [7, 11) is 4.84. The Kier molecular flexibility index (Phi) is 8.39. The molecule has 30 heavy (non-hydrogen) atoms. The molecule has 0 aliphatic heterocycles. The molecule has 2 aromatic rings. The van der Waals surface area contributed by atoms with Crippen molar-refractivity contribution >= 4 is 29.9 Å². The Morgan fingerprint density at radius 1 is 1.27 bits per heavy atom. The van der Waals surface area contributed by atoms with Crippen molar-refractivity contribution in [1.29, 1.82) is 5.26 Å². The summed E-state index contributed by atoms with van der Waals surface area (Å²) in [5.41, 5.74) is 1.63. The first-order chi connectivity index (χ1) is 14.4. The number of carbonyl (C=O) groups is 1.